The third kappa shape index (κ3) is 4.73. The summed E-state index contributed by atoms with van der Waals surface area (Å²) in [5.74, 6) is 1.64. The van der Waals surface area contributed by atoms with Crippen molar-refractivity contribution in [1.29, 1.82) is 0 Å². The Balaban J connectivity index is 1.11. The second kappa shape index (κ2) is 9.33. The topological polar surface area (TPSA) is 49.0 Å². The Bertz CT molecular complexity index is 1210. The first-order chi connectivity index (χ1) is 15.3. The van der Waals surface area contributed by atoms with E-state index in [1.165, 1.54) is 49.3 Å². The molecule has 0 atom stereocenters. The highest BCUT2D eigenvalue weighted by molar-refractivity contribution is 7.25. The Labute approximate surface area is 186 Å². The molecule has 0 saturated carbocycles. The van der Waals surface area contributed by atoms with Gasteiger partial charge in [-0.3, -0.25) is 4.79 Å². The molecule has 3 heterocycles. The quantitative estimate of drug-likeness (QED) is 0.398. The zero-order chi connectivity index (χ0) is 21.0. The van der Waals surface area contributed by atoms with Gasteiger partial charge in [0.1, 0.15) is 10.5 Å². The van der Waals surface area contributed by atoms with Crippen LogP contribution in [-0.4, -0.2) is 34.5 Å². The summed E-state index contributed by atoms with van der Waals surface area (Å²) >= 11 is 1.53. The average molecular weight is 432 g/mol. The average Bonchev–Trinajstić information content (AvgIpc) is 3.18. The Morgan fingerprint density at radius 2 is 1.77 bits per heavy atom. The number of hydrogen-bond acceptors (Lipinski definition) is 4. The van der Waals surface area contributed by atoms with Crippen LogP contribution in [0.15, 0.2) is 59.4 Å². The first-order valence-electron chi connectivity index (χ1n) is 11.4. The van der Waals surface area contributed by atoms with Gasteiger partial charge in [0.25, 0.3) is 5.56 Å². The molecule has 0 aliphatic carbocycles. The van der Waals surface area contributed by atoms with E-state index in [0.29, 0.717) is 0 Å². The number of aromatic nitrogens is 2. The fourth-order valence-corrected chi connectivity index (χ4v) is 5.79. The highest BCUT2D eigenvalue weighted by atomic mass is 32.1. The van der Waals surface area contributed by atoms with Crippen LogP contribution in [-0.2, 0) is 12.8 Å². The van der Waals surface area contributed by atoms with Crippen molar-refractivity contribution < 1.29 is 0 Å². The van der Waals surface area contributed by atoms with E-state index in [2.05, 4.69) is 52.3 Å². The van der Waals surface area contributed by atoms with Crippen LogP contribution in [0.25, 0.3) is 20.3 Å². The van der Waals surface area contributed by atoms with E-state index in [1.54, 1.807) is 0 Å². The summed E-state index contributed by atoms with van der Waals surface area (Å²) in [6.45, 7) is 3.56. The number of aromatic amines is 1. The maximum absolute atomic E-state index is 12.5. The minimum absolute atomic E-state index is 0.00156. The van der Waals surface area contributed by atoms with E-state index in [0.717, 1.165) is 57.9 Å². The van der Waals surface area contributed by atoms with Crippen molar-refractivity contribution in [2.24, 2.45) is 5.92 Å². The number of fused-ring (bicyclic) bond motifs is 3. The van der Waals surface area contributed by atoms with Crippen LogP contribution in [0.3, 0.4) is 0 Å². The summed E-state index contributed by atoms with van der Waals surface area (Å²) in [6, 6.07) is 19.0. The van der Waals surface area contributed by atoms with E-state index in [9.17, 15) is 4.79 Å². The van der Waals surface area contributed by atoms with Crippen molar-refractivity contribution in [1.82, 2.24) is 14.9 Å². The minimum atomic E-state index is 0.00156. The van der Waals surface area contributed by atoms with Gasteiger partial charge in [-0.05, 0) is 69.3 Å². The largest absolute Gasteiger partial charge is 0.309 e. The highest BCUT2D eigenvalue weighted by Gasteiger charge is 2.19. The number of rotatable bonds is 7. The minimum Gasteiger partial charge on any atom is -0.309 e. The molecule has 0 radical (unpaired) electrons. The maximum atomic E-state index is 12.5. The van der Waals surface area contributed by atoms with Gasteiger partial charge in [-0.25, -0.2) is 4.98 Å². The summed E-state index contributed by atoms with van der Waals surface area (Å²) in [5, 5.41) is 1.09. The van der Waals surface area contributed by atoms with Gasteiger partial charge in [0.15, 0.2) is 0 Å². The highest BCUT2D eigenvalue weighted by Crippen LogP contribution is 2.30. The fourth-order valence-electron chi connectivity index (χ4n) is 4.76. The molecule has 0 unspecified atom stereocenters. The van der Waals surface area contributed by atoms with Crippen LogP contribution in [0.5, 0.6) is 0 Å². The third-order valence-electron chi connectivity index (χ3n) is 6.49. The lowest BCUT2D eigenvalue weighted by molar-refractivity contribution is 0.181. The normalized spacial score (nSPS) is 15.7. The van der Waals surface area contributed by atoms with E-state index < -0.39 is 0 Å². The Kier molecular flexibility index (Phi) is 6.14. The molecule has 1 aliphatic rings. The van der Waals surface area contributed by atoms with E-state index in [1.807, 2.05) is 12.1 Å². The molecule has 1 N–H and O–H groups in total. The van der Waals surface area contributed by atoms with Gasteiger partial charge in [-0.2, -0.15) is 0 Å². The SMILES string of the molecule is O=c1[nH]c(CCCCN2CCC(Cc3ccccc3)CC2)nc2c1sc1ccccc12. The van der Waals surface area contributed by atoms with Crippen molar-refractivity contribution in [3.63, 3.8) is 0 Å². The van der Waals surface area contributed by atoms with Gasteiger partial charge in [0.05, 0.1) is 5.52 Å². The van der Waals surface area contributed by atoms with Gasteiger partial charge in [0, 0.05) is 16.5 Å². The summed E-state index contributed by atoms with van der Waals surface area (Å²) in [4.78, 5) is 22.9. The predicted octanol–water partition coefficient (Wildman–Crippen LogP) is 5.42. The molecule has 0 spiro atoms. The van der Waals surface area contributed by atoms with Gasteiger partial charge >= 0.3 is 0 Å². The summed E-state index contributed by atoms with van der Waals surface area (Å²) in [7, 11) is 0. The predicted molar refractivity (Wildman–Crippen MR) is 130 cm³/mol. The molecule has 0 amide bonds. The van der Waals surface area contributed by atoms with Crippen LogP contribution >= 0.6 is 11.3 Å². The van der Waals surface area contributed by atoms with Gasteiger partial charge in [0.2, 0.25) is 0 Å². The molecule has 1 saturated heterocycles. The van der Waals surface area contributed by atoms with Crippen LogP contribution in [0, 0.1) is 5.92 Å². The Morgan fingerprint density at radius 3 is 2.61 bits per heavy atom. The number of likely N-dealkylation sites (tertiary alicyclic amines) is 1. The lowest BCUT2D eigenvalue weighted by atomic mass is 9.90. The molecular formula is C26H29N3OS. The number of thiophene rings is 1. The molecule has 2 aromatic heterocycles. The molecule has 1 fully saturated rings. The van der Waals surface area contributed by atoms with Crippen LogP contribution in [0.4, 0.5) is 0 Å². The van der Waals surface area contributed by atoms with Crippen molar-refractivity contribution in [2.75, 3.05) is 19.6 Å². The molecule has 31 heavy (non-hydrogen) atoms. The van der Waals surface area contributed by atoms with Crippen LogP contribution < -0.4 is 5.56 Å². The second-order valence-corrected chi connectivity index (χ2v) is 9.77. The monoisotopic (exact) mass is 431 g/mol. The number of aryl methyl sites for hydroxylation is 1. The number of H-pyrrole nitrogens is 1. The van der Waals surface area contributed by atoms with E-state index in [4.69, 9.17) is 4.98 Å². The molecule has 4 aromatic rings. The summed E-state index contributed by atoms with van der Waals surface area (Å²) in [6.07, 6.45) is 6.85. The summed E-state index contributed by atoms with van der Waals surface area (Å²) < 4.78 is 1.87. The number of nitrogens with zero attached hydrogens (tertiary/aromatic N) is 2. The lowest BCUT2D eigenvalue weighted by Gasteiger charge is -2.32. The van der Waals surface area contributed by atoms with Crippen molar-refractivity contribution in [2.45, 2.75) is 38.5 Å². The molecule has 1 aliphatic heterocycles. The van der Waals surface area contributed by atoms with Gasteiger partial charge < -0.3 is 9.88 Å². The van der Waals surface area contributed by atoms with E-state index >= 15 is 0 Å². The Hall–Kier alpha value is -2.50. The molecule has 0 bridgehead atoms. The number of benzene rings is 2. The van der Waals surface area contributed by atoms with Crippen molar-refractivity contribution >= 4 is 31.6 Å². The maximum Gasteiger partial charge on any atom is 0.268 e. The van der Waals surface area contributed by atoms with Crippen molar-refractivity contribution in [3.8, 4) is 0 Å². The molecule has 4 nitrogen and oxygen atoms in total. The third-order valence-corrected chi connectivity index (χ3v) is 7.65. The smallest absolute Gasteiger partial charge is 0.268 e. The molecule has 160 valence electrons. The van der Waals surface area contributed by atoms with Gasteiger partial charge in [-0.15, -0.1) is 11.3 Å². The van der Waals surface area contributed by atoms with Crippen LogP contribution in [0.2, 0.25) is 0 Å². The standard InChI is InChI=1S/C26H29N3OS/c30-26-25-24(21-10-4-5-11-22(21)31-25)27-23(28-26)12-6-7-15-29-16-13-20(14-17-29)18-19-8-2-1-3-9-19/h1-5,8-11,20H,6-7,12-18H2,(H,27,28,30). The summed E-state index contributed by atoms with van der Waals surface area (Å²) in [5.41, 5.74) is 2.33. The zero-order valence-corrected chi connectivity index (χ0v) is 18.7. The van der Waals surface area contributed by atoms with Crippen molar-refractivity contribution in [3.05, 3.63) is 76.3 Å². The number of nitrogens with one attached hydrogen (secondary N) is 1. The molecular weight excluding hydrogens is 402 g/mol. The van der Waals surface area contributed by atoms with E-state index in [-0.39, 0.29) is 5.56 Å². The fraction of sp³-hybridized carbons (Fsp3) is 0.385. The lowest BCUT2D eigenvalue weighted by Crippen LogP contribution is -2.35. The van der Waals surface area contributed by atoms with Crippen LogP contribution in [0.1, 0.15) is 37.1 Å². The Morgan fingerprint density at radius 1 is 1.00 bits per heavy atom. The second-order valence-electron chi connectivity index (χ2n) is 8.72. The van der Waals surface area contributed by atoms with Gasteiger partial charge in [-0.1, -0.05) is 48.5 Å². The number of unbranched alkanes of at least 4 members (excludes halogenated alkanes) is 1. The molecule has 2 aromatic carbocycles. The number of hydrogen-bond donors (Lipinski definition) is 1. The number of piperidine rings is 1. The first kappa shape index (κ1) is 20.4. The molecule has 5 rings (SSSR count). The zero-order valence-electron chi connectivity index (χ0n) is 17.8. The first-order valence-corrected chi connectivity index (χ1v) is 12.2. The molecule has 5 heteroatoms.